The molecule has 3 aromatic rings. The van der Waals surface area contributed by atoms with Crippen LogP contribution in [0.2, 0.25) is 0 Å². The number of imidazole rings is 1. The van der Waals surface area contributed by atoms with E-state index in [1.807, 2.05) is 30.9 Å². The van der Waals surface area contributed by atoms with Crippen molar-refractivity contribution in [3.05, 3.63) is 78.9 Å². The van der Waals surface area contributed by atoms with Gasteiger partial charge in [0.15, 0.2) is 0 Å². The number of amides is 1. The quantitative estimate of drug-likeness (QED) is 0.439. The number of aromatic nitrogens is 2. The monoisotopic (exact) mass is 471 g/mol. The first-order valence-corrected chi connectivity index (χ1v) is 13.2. The maximum atomic E-state index is 12.4. The highest BCUT2D eigenvalue weighted by Gasteiger charge is 2.24. The maximum Gasteiger partial charge on any atom is 0.227 e. The van der Waals surface area contributed by atoms with Gasteiger partial charge in [0.05, 0.1) is 6.33 Å². The number of piperidine rings is 1. The fraction of sp³-hybridized carbons (Fsp3) is 0.448. The molecule has 1 saturated heterocycles. The lowest BCUT2D eigenvalue weighted by atomic mass is 9.98. The Morgan fingerprint density at radius 2 is 1.71 bits per heavy atom. The third-order valence-electron chi connectivity index (χ3n) is 7.59. The molecule has 1 aliphatic heterocycles. The van der Waals surface area contributed by atoms with Gasteiger partial charge in [-0.05, 0) is 61.9 Å². The highest BCUT2D eigenvalue weighted by Crippen LogP contribution is 2.28. The van der Waals surface area contributed by atoms with Crippen LogP contribution in [0.3, 0.4) is 0 Å². The molecule has 5 rings (SSSR count). The number of hydrogen-bond acceptors (Lipinski definition) is 4. The van der Waals surface area contributed by atoms with Crippen LogP contribution >= 0.6 is 0 Å². The van der Waals surface area contributed by atoms with Gasteiger partial charge in [-0.25, -0.2) is 4.98 Å². The van der Waals surface area contributed by atoms with E-state index in [1.165, 1.54) is 24.1 Å². The Balaban J connectivity index is 1.13. The molecule has 2 aliphatic rings. The summed E-state index contributed by atoms with van der Waals surface area (Å²) in [6.45, 7) is 3.03. The lowest BCUT2D eigenvalue weighted by Crippen LogP contribution is -2.44. The summed E-state index contributed by atoms with van der Waals surface area (Å²) < 4.78 is 2.15. The largest absolute Gasteiger partial charge is 0.371 e. The summed E-state index contributed by atoms with van der Waals surface area (Å²) in [5.41, 5.74) is 3.50. The molecular weight excluding hydrogens is 434 g/mol. The number of aryl methyl sites for hydroxylation is 1. The topological polar surface area (TPSA) is 62.2 Å². The molecule has 1 atom stereocenters. The lowest BCUT2D eigenvalue weighted by molar-refractivity contribution is -0.119. The highest BCUT2D eigenvalue weighted by atomic mass is 16.1. The fourth-order valence-electron chi connectivity index (χ4n) is 5.51. The van der Waals surface area contributed by atoms with E-state index in [0.717, 1.165) is 57.4 Å². The fourth-order valence-corrected chi connectivity index (χ4v) is 5.51. The average Bonchev–Trinajstić information content (AvgIpc) is 3.63. The van der Waals surface area contributed by atoms with Gasteiger partial charge in [0.1, 0.15) is 0 Å². The molecule has 6 heteroatoms. The molecule has 2 N–H and O–H groups in total. The number of nitrogens with one attached hydrogen (secondary N) is 2. The number of benzene rings is 2. The van der Waals surface area contributed by atoms with Gasteiger partial charge in [-0.15, -0.1) is 0 Å². The molecule has 184 valence electrons. The predicted molar refractivity (Wildman–Crippen MR) is 141 cm³/mol. The molecule has 1 saturated carbocycles. The minimum atomic E-state index is 0.183. The van der Waals surface area contributed by atoms with E-state index in [4.69, 9.17) is 0 Å². The van der Waals surface area contributed by atoms with E-state index in [-0.39, 0.29) is 11.8 Å². The van der Waals surface area contributed by atoms with Crippen molar-refractivity contribution in [2.24, 2.45) is 5.92 Å². The lowest BCUT2D eigenvalue weighted by Gasteiger charge is -2.36. The van der Waals surface area contributed by atoms with Crippen LogP contribution in [0.5, 0.6) is 0 Å². The van der Waals surface area contributed by atoms with Crippen molar-refractivity contribution in [2.45, 2.75) is 63.6 Å². The molecule has 1 unspecified atom stereocenters. The van der Waals surface area contributed by atoms with Gasteiger partial charge in [0.2, 0.25) is 5.91 Å². The van der Waals surface area contributed by atoms with Crippen molar-refractivity contribution in [3.8, 4) is 0 Å². The third-order valence-corrected chi connectivity index (χ3v) is 7.59. The molecular formula is C29H37N5O. The van der Waals surface area contributed by atoms with Crippen LogP contribution in [0.25, 0.3) is 0 Å². The van der Waals surface area contributed by atoms with Crippen LogP contribution < -0.4 is 15.5 Å². The van der Waals surface area contributed by atoms with E-state index in [9.17, 15) is 4.79 Å². The summed E-state index contributed by atoms with van der Waals surface area (Å²) in [7, 11) is 0. The first-order chi connectivity index (χ1) is 17.2. The second kappa shape index (κ2) is 11.5. The minimum Gasteiger partial charge on any atom is -0.371 e. The van der Waals surface area contributed by atoms with Gasteiger partial charge in [0.25, 0.3) is 0 Å². The summed E-state index contributed by atoms with van der Waals surface area (Å²) in [4.78, 5) is 19.0. The van der Waals surface area contributed by atoms with Crippen LogP contribution in [0.4, 0.5) is 11.4 Å². The van der Waals surface area contributed by atoms with Crippen molar-refractivity contribution < 1.29 is 4.79 Å². The van der Waals surface area contributed by atoms with Crippen LogP contribution in [0, 0.1) is 5.92 Å². The highest BCUT2D eigenvalue weighted by molar-refractivity contribution is 5.92. The summed E-state index contributed by atoms with van der Waals surface area (Å²) in [6, 6.07) is 20.0. The zero-order valence-corrected chi connectivity index (χ0v) is 20.5. The van der Waals surface area contributed by atoms with E-state index in [1.54, 1.807) is 0 Å². The second-order valence-electron chi connectivity index (χ2n) is 10.00. The predicted octanol–water partition coefficient (Wildman–Crippen LogP) is 5.40. The second-order valence-corrected chi connectivity index (χ2v) is 10.00. The standard InChI is InChI=1S/C29H37N5O/c35-29(24-8-4-5-9-24)32-25-10-12-27(13-11-25)34-19-14-26(15-20-34)31-28(23-6-2-1-3-7-23)16-18-33-21-17-30-22-33/h1-3,6-7,10-13,17,21-22,24,26,28,31H,4-5,8-9,14-16,18-20H2,(H,32,35). The molecule has 0 spiro atoms. The summed E-state index contributed by atoms with van der Waals surface area (Å²) >= 11 is 0. The SMILES string of the molecule is O=C(Nc1ccc(N2CCC(NC(CCn3ccnc3)c3ccccc3)CC2)cc1)C1CCCC1. The molecule has 35 heavy (non-hydrogen) atoms. The molecule has 2 fully saturated rings. The Bertz CT molecular complexity index is 1040. The molecule has 0 bridgehead atoms. The summed E-state index contributed by atoms with van der Waals surface area (Å²) in [6.07, 6.45) is 13.5. The van der Waals surface area contributed by atoms with Crippen molar-refractivity contribution in [2.75, 3.05) is 23.3 Å². The Kier molecular flexibility index (Phi) is 7.79. The van der Waals surface area contributed by atoms with Gasteiger partial charge >= 0.3 is 0 Å². The average molecular weight is 472 g/mol. The van der Waals surface area contributed by atoms with Crippen molar-refractivity contribution in [3.63, 3.8) is 0 Å². The van der Waals surface area contributed by atoms with Crippen LogP contribution in [-0.4, -0.2) is 34.6 Å². The van der Waals surface area contributed by atoms with Crippen LogP contribution in [0.1, 0.15) is 56.6 Å². The van der Waals surface area contributed by atoms with E-state index < -0.39 is 0 Å². The summed E-state index contributed by atoms with van der Waals surface area (Å²) in [5, 5.41) is 7.06. The van der Waals surface area contributed by atoms with Gasteiger partial charge in [-0.1, -0.05) is 43.2 Å². The van der Waals surface area contributed by atoms with Gasteiger partial charge < -0.3 is 20.1 Å². The summed E-state index contributed by atoms with van der Waals surface area (Å²) in [5.74, 6) is 0.379. The first kappa shape index (κ1) is 23.6. The third kappa shape index (κ3) is 6.31. The Labute approximate surface area is 208 Å². The minimum absolute atomic E-state index is 0.183. The van der Waals surface area contributed by atoms with E-state index >= 15 is 0 Å². The Morgan fingerprint density at radius 1 is 0.971 bits per heavy atom. The van der Waals surface area contributed by atoms with Crippen molar-refractivity contribution in [1.82, 2.24) is 14.9 Å². The molecule has 2 aromatic carbocycles. The molecule has 1 aliphatic carbocycles. The zero-order valence-electron chi connectivity index (χ0n) is 20.5. The Morgan fingerprint density at radius 3 is 2.40 bits per heavy atom. The number of anilines is 2. The van der Waals surface area contributed by atoms with Crippen molar-refractivity contribution in [1.29, 1.82) is 0 Å². The number of rotatable bonds is 9. The maximum absolute atomic E-state index is 12.4. The number of nitrogens with zero attached hydrogens (tertiary/aromatic N) is 3. The first-order valence-electron chi connectivity index (χ1n) is 13.2. The Hall–Kier alpha value is -3.12. The molecule has 1 aromatic heterocycles. The molecule has 6 nitrogen and oxygen atoms in total. The van der Waals surface area contributed by atoms with Crippen molar-refractivity contribution >= 4 is 17.3 Å². The molecule has 0 radical (unpaired) electrons. The van der Waals surface area contributed by atoms with E-state index in [2.05, 4.69) is 67.5 Å². The van der Waals surface area contributed by atoms with Crippen LogP contribution in [0.15, 0.2) is 73.3 Å². The number of hydrogen-bond donors (Lipinski definition) is 2. The van der Waals surface area contributed by atoms with Crippen LogP contribution in [-0.2, 0) is 11.3 Å². The molecule has 1 amide bonds. The normalized spacial score (nSPS) is 18.0. The van der Waals surface area contributed by atoms with Gasteiger partial charge in [-0.3, -0.25) is 4.79 Å². The zero-order chi connectivity index (χ0) is 23.9. The van der Waals surface area contributed by atoms with E-state index in [0.29, 0.717) is 12.1 Å². The van der Waals surface area contributed by atoms with Gasteiger partial charge in [-0.2, -0.15) is 0 Å². The number of carbonyl (C=O) groups excluding carboxylic acids is 1. The molecule has 2 heterocycles. The van der Waals surface area contributed by atoms with Gasteiger partial charge in [0, 0.05) is 61.4 Å². The number of carbonyl (C=O) groups is 1. The smallest absolute Gasteiger partial charge is 0.227 e.